The highest BCUT2D eigenvalue weighted by Gasteiger charge is 2.17. The van der Waals surface area contributed by atoms with Crippen molar-refractivity contribution in [2.24, 2.45) is 0 Å². The molecule has 0 aliphatic carbocycles. The molecule has 0 amide bonds. The Morgan fingerprint density at radius 1 is 1.20 bits per heavy atom. The summed E-state index contributed by atoms with van der Waals surface area (Å²) >= 11 is 5.31. The molecule has 0 bridgehead atoms. The van der Waals surface area contributed by atoms with Crippen LogP contribution in [-0.4, -0.2) is 9.97 Å². The Bertz CT molecular complexity index is 651. The number of aryl methyl sites for hydroxylation is 1. The van der Waals surface area contributed by atoms with Crippen molar-refractivity contribution >= 4 is 12.2 Å². The van der Waals surface area contributed by atoms with Gasteiger partial charge in [-0.25, -0.2) is 4.98 Å². The zero-order valence-corrected chi connectivity index (χ0v) is 13.5. The minimum absolute atomic E-state index is 0.0371. The number of rotatable bonds is 3. The first-order chi connectivity index (χ1) is 9.40. The van der Waals surface area contributed by atoms with Gasteiger partial charge >= 0.3 is 0 Å². The van der Waals surface area contributed by atoms with Crippen LogP contribution in [0.15, 0.2) is 30.3 Å². The van der Waals surface area contributed by atoms with Gasteiger partial charge in [0.15, 0.2) is 0 Å². The van der Waals surface area contributed by atoms with Crippen LogP contribution in [0.3, 0.4) is 0 Å². The van der Waals surface area contributed by atoms with Crippen LogP contribution in [0.4, 0.5) is 0 Å². The highest BCUT2D eigenvalue weighted by Crippen LogP contribution is 2.23. The quantitative estimate of drug-likeness (QED) is 0.799. The van der Waals surface area contributed by atoms with E-state index in [1.807, 2.05) is 6.07 Å². The Labute approximate surface area is 126 Å². The molecule has 2 nitrogen and oxygen atoms in total. The average molecular weight is 286 g/mol. The van der Waals surface area contributed by atoms with Crippen molar-refractivity contribution in [2.75, 3.05) is 0 Å². The van der Waals surface area contributed by atoms with Crippen molar-refractivity contribution in [2.45, 2.75) is 46.0 Å². The number of H-pyrrole nitrogens is 1. The van der Waals surface area contributed by atoms with Crippen LogP contribution in [0.1, 0.15) is 45.5 Å². The minimum Gasteiger partial charge on any atom is -0.343 e. The van der Waals surface area contributed by atoms with Crippen molar-refractivity contribution in [1.29, 1.82) is 0 Å². The Hall–Kier alpha value is -1.48. The molecular weight excluding hydrogens is 264 g/mol. The second kappa shape index (κ2) is 5.88. The Morgan fingerprint density at radius 3 is 2.60 bits per heavy atom. The summed E-state index contributed by atoms with van der Waals surface area (Å²) in [6, 6.07) is 10.6. The molecule has 0 unspecified atom stereocenters. The standard InChI is InChI=1S/C17H22N2S/c1-5-7-12-8-6-9-13(10-12)14-11-15(20)19-16(18-14)17(2,3)4/h6,8-11H,5,7H2,1-4H3,(H,18,19,20). The summed E-state index contributed by atoms with van der Waals surface area (Å²) in [5.74, 6) is 0.931. The summed E-state index contributed by atoms with van der Waals surface area (Å²) in [7, 11) is 0. The van der Waals surface area contributed by atoms with Crippen LogP contribution < -0.4 is 0 Å². The lowest BCUT2D eigenvalue weighted by Crippen LogP contribution is -2.16. The van der Waals surface area contributed by atoms with Crippen LogP contribution in [0, 0.1) is 4.64 Å². The second-order valence-corrected chi connectivity index (χ2v) is 6.60. The molecule has 0 radical (unpaired) electrons. The molecule has 2 aromatic rings. The van der Waals surface area contributed by atoms with E-state index in [0.29, 0.717) is 4.64 Å². The maximum absolute atomic E-state index is 5.31. The third-order valence-electron chi connectivity index (χ3n) is 3.23. The third-order valence-corrected chi connectivity index (χ3v) is 3.44. The van der Waals surface area contributed by atoms with Crippen LogP contribution in [-0.2, 0) is 11.8 Å². The van der Waals surface area contributed by atoms with Crippen LogP contribution in [0.5, 0.6) is 0 Å². The van der Waals surface area contributed by atoms with Gasteiger partial charge < -0.3 is 4.98 Å². The monoisotopic (exact) mass is 286 g/mol. The molecule has 3 heteroatoms. The molecule has 2 rings (SSSR count). The SMILES string of the molecule is CCCc1cccc(-c2cc(=S)nc(C(C)(C)C)[nH]2)c1. The molecular formula is C17H22N2S. The lowest BCUT2D eigenvalue weighted by molar-refractivity contribution is 0.545. The number of aromatic nitrogens is 2. The molecule has 0 aliphatic heterocycles. The zero-order chi connectivity index (χ0) is 14.8. The molecule has 0 saturated heterocycles. The van der Waals surface area contributed by atoms with Gasteiger partial charge in [-0.2, -0.15) is 0 Å². The minimum atomic E-state index is -0.0371. The van der Waals surface area contributed by atoms with E-state index < -0.39 is 0 Å². The van der Waals surface area contributed by atoms with Gasteiger partial charge in [0.05, 0.1) is 0 Å². The van der Waals surface area contributed by atoms with Gasteiger partial charge in [0, 0.05) is 11.1 Å². The van der Waals surface area contributed by atoms with Crippen molar-refractivity contribution in [3.05, 3.63) is 46.4 Å². The molecule has 20 heavy (non-hydrogen) atoms. The number of nitrogens with one attached hydrogen (secondary N) is 1. The summed E-state index contributed by atoms with van der Waals surface area (Å²) in [5, 5.41) is 0. The van der Waals surface area contributed by atoms with E-state index in [4.69, 9.17) is 12.2 Å². The van der Waals surface area contributed by atoms with E-state index in [2.05, 4.69) is 61.9 Å². The first-order valence-electron chi connectivity index (χ1n) is 7.11. The van der Waals surface area contributed by atoms with Gasteiger partial charge in [0.2, 0.25) is 0 Å². The predicted octanol–water partition coefficient (Wildman–Crippen LogP) is 5.06. The van der Waals surface area contributed by atoms with E-state index in [1.54, 1.807) is 0 Å². The van der Waals surface area contributed by atoms with Crippen molar-refractivity contribution < 1.29 is 0 Å². The summed E-state index contributed by atoms with van der Waals surface area (Å²) < 4.78 is 0.643. The van der Waals surface area contributed by atoms with Gasteiger partial charge in [0.25, 0.3) is 0 Å². The van der Waals surface area contributed by atoms with Gasteiger partial charge in [-0.3, -0.25) is 0 Å². The van der Waals surface area contributed by atoms with Crippen LogP contribution >= 0.6 is 12.2 Å². The van der Waals surface area contributed by atoms with Crippen molar-refractivity contribution in [3.8, 4) is 11.3 Å². The van der Waals surface area contributed by atoms with Gasteiger partial charge in [-0.05, 0) is 29.7 Å². The number of hydrogen-bond acceptors (Lipinski definition) is 2. The Balaban J connectivity index is 2.50. The highest BCUT2D eigenvalue weighted by atomic mass is 32.1. The number of hydrogen-bond donors (Lipinski definition) is 1. The topological polar surface area (TPSA) is 28.7 Å². The van der Waals surface area contributed by atoms with Gasteiger partial charge in [-0.15, -0.1) is 0 Å². The van der Waals surface area contributed by atoms with Crippen molar-refractivity contribution in [3.63, 3.8) is 0 Å². The van der Waals surface area contributed by atoms with Crippen LogP contribution in [0.25, 0.3) is 11.3 Å². The Kier molecular flexibility index (Phi) is 4.39. The molecule has 1 N–H and O–H groups in total. The van der Waals surface area contributed by atoms with E-state index in [0.717, 1.165) is 24.4 Å². The smallest absolute Gasteiger partial charge is 0.130 e. The number of benzene rings is 1. The van der Waals surface area contributed by atoms with E-state index >= 15 is 0 Å². The molecule has 1 aromatic carbocycles. The van der Waals surface area contributed by atoms with E-state index in [9.17, 15) is 0 Å². The molecule has 0 fully saturated rings. The average Bonchev–Trinajstić information content (AvgIpc) is 2.38. The first-order valence-corrected chi connectivity index (χ1v) is 7.52. The molecule has 1 aromatic heterocycles. The largest absolute Gasteiger partial charge is 0.343 e. The maximum atomic E-state index is 5.31. The van der Waals surface area contributed by atoms with Crippen LogP contribution in [0.2, 0.25) is 0 Å². The number of nitrogens with zero attached hydrogens (tertiary/aromatic N) is 1. The fourth-order valence-electron chi connectivity index (χ4n) is 2.15. The molecule has 106 valence electrons. The predicted molar refractivity (Wildman–Crippen MR) is 87.6 cm³/mol. The zero-order valence-electron chi connectivity index (χ0n) is 12.7. The summed E-state index contributed by atoms with van der Waals surface area (Å²) in [6.07, 6.45) is 2.26. The molecule has 0 spiro atoms. The summed E-state index contributed by atoms with van der Waals surface area (Å²) in [5.41, 5.74) is 3.55. The highest BCUT2D eigenvalue weighted by molar-refractivity contribution is 7.71. The van der Waals surface area contributed by atoms with Gasteiger partial charge in [0.1, 0.15) is 10.5 Å². The molecule has 0 saturated carbocycles. The van der Waals surface area contributed by atoms with E-state index in [1.165, 1.54) is 11.1 Å². The maximum Gasteiger partial charge on any atom is 0.130 e. The molecule has 1 heterocycles. The lowest BCUT2D eigenvalue weighted by Gasteiger charge is -2.18. The lowest BCUT2D eigenvalue weighted by atomic mass is 9.95. The Morgan fingerprint density at radius 2 is 1.95 bits per heavy atom. The fraction of sp³-hybridized carbons (Fsp3) is 0.412. The van der Waals surface area contributed by atoms with Gasteiger partial charge in [-0.1, -0.05) is 64.5 Å². The normalized spacial score (nSPS) is 11.6. The summed E-state index contributed by atoms with van der Waals surface area (Å²) in [4.78, 5) is 7.88. The first kappa shape index (κ1) is 14.9. The fourth-order valence-corrected chi connectivity index (χ4v) is 2.36. The molecule has 0 aliphatic rings. The summed E-state index contributed by atoms with van der Waals surface area (Å²) in [6.45, 7) is 8.61. The third kappa shape index (κ3) is 3.54. The molecule has 0 atom stereocenters. The van der Waals surface area contributed by atoms with Crippen molar-refractivity contribution in [1.82, 2.24) is 9.97 Å². The number of aromatic amines is 1. The second-order valence-electron chi connectivity index (χ2n) is 6.18. The van der Waals surface area contributed by atoms with E-state index in [-0.39, 0.29) is 5.41 Å².